The maximum Gasteiger partial charge on any atom is 0.160 e. The molecule has 4 aliphatic rings. The van der Waals surface area contributed by atoms with Gasteiger partial charge in [0.1, 0.15) is 0 Å². The van der Waals surface area contributed by atoms with Crippen molar-refractivity contribution in [3.63, 3.8) is 0 Å². The summed E-state index contributed by atoms with van der Waals surface area (Å²) in [5.74, 6) is 0.639. The minimum Gasteiger partial charge on any atom is -0.309 e. The summed E-state index contributed by atoms with van der Waals surface area (Å²) in [5.41, 5.74) is 35.9. The fourth-order valence-corrected chi connectivity index (χ4v) is 18.7. The summed E-state index contributed by atoms with van der Waals surface area (Å²) in [4.78, 5) is 11.1. The molecule has 18 aromatic rings. The second-order valence-corrected chi connectivity index (χ2v) is 27.3. The Bertz CT molecular complexity index is 6030. The minimum atomic E-state index is -0.504. The van der Waals surface area contributed by atoms with Gasteiger partial charge in [0.05, 0.1) is 44.3 Å². The highest BCUT2D eigenvalue weighted by Crippen LogP contribution is 2.66. The lowest BCUT2D eigenvalue weighted by atomic mass is 9.68. The lowest BCUT2D eigenvalue weighted by molar-refractivity contribution is 0.796. The van der Waals surface area contributed by atoms with Gasteiger partial charge in [0.15, 0.2) is 5.82 Å². The van der Waals surface area contributed by atoms with Crippen LogP contribution in [0.1, 0.15) is 44.5 Å². The van der Waals surface area contributed by atoms with Crippen molar-refractivity contribution in [1.29, 1.82) is 0 Å². The largest absolute Gasteiger partial charge is 0.309 e. The van der Waals surface area contributed by atoms with E-state index in [4.69, 9.17) is 9.97 Å². The van der Waals surface area contributed by atoms with Gasteiger partial charge in [-0.15, -0.1) is 0 Å². The summed E-state index contributed by atoms with van der Waals surface area (Å²) >= 11 is 0. The molecule has 0 bridgehead atoms. The van der Waals surface area contributed by atoms with Crippen LogP contribution in [-0.4, -0.2) is 19.1 Å². The molecule has 0 atom stereocenters. The van der Waals surface area contributed by atoms with Crippen molar-refractivity contribution in [3.05, 3.63) is 396 Å². The van der Waals surface area contributed by atoms with Crippen LogP contribution in [0.15, 0.2) is 352 Å². The molecule has 3 aromatic heterocycles. The monoisotopic (exact) mass is 1270 g/mol. The summed E-state index contributed by atoms with van der Waals surface area (Å²) in [5, 5.41) is 4.70. The van der Waals surface area contributed by atoms with Crippen LogP contribution in [-0.2, 0) is 10.8 Å². The second-order valence-electron chi connectivity index (χ2n) is 27.3. The van der Waals surface area contributed by atoms with Crippen molar-refractivity contribution in [3.8, 4) is 112 Å². The molecular weight excluding hydrogens is 1210 g/mol. The van der Waals surface area contributed by atoms with E-state index < -0.39 is 10.8 Å². The summed E-state index contributed by atoms with van der Waals surface area (Å²) in [6, 6.07) is 131. The molecule has 4 aliphatic carbocycles. The van der Waals surface area contributed by atoms with Crippen molar-refractivity contribution in [2.45, 2.75) is 10.8 Å². The van der Waals surface area contributed by atoms with Crippen LogP contribution in [0.25, 0.3) is 156 Å². The zero-order valence-corrected chi connectivity index (χ0v) is 54.3. The molecular formula is C96H58N4. The Balaban J connectivity index is 0.773. The van der Waals surface area contributed by atoms with E-state index in [0.717, 1.165) is 61.5 Å². The van der Waals surface area contributed by atoms with Crippen LogP contribution in [0, 0.1) is 0 Å². The van der Waals surface area contributed by atoms with Crippen LogP contribution in [0.3, 0.4) is 0 Å². The van der Waals surface area contributed by atoms with E-state index in [1.54, 1.807) is 0 Å². The lowest BCUT2D eigenvalue weighted by Crippen LogP contribution is -2.26. The van der Waals surface area contributed by atoms with Gasteiger partial charge in [0.2, 0.25) is 0 Å². The highest BCUT2D eigenvalue weighted by Gasteiger charge is 2.54. The van der Waals surface area contributed by atoms with Crippen molar-refractivity contribution < 1.29 is 0 Å². The van der Waals surface area contributed by atoms with E-state index in [0.29, 0.717) is 5.82 Å². The SMILES string of the molecule is c1ccc(-c2cc(-c3ccccc3)nc(-c3cc(-n4c5ccccc5c5cc(-c6cccc7c6C6(c8ccccc8-c8ccccc86)c6ccccc6-7)ccc54)cc(-n4c5ccccc5c5cc(-c6cccc7c6C6(c8ccccc8-c8ccccc86)c6ccccc6-7)ccc54)c3)n2)cc1. The smallest absolute Gasteiger partial charge is 0.160 e. The topological polar surface area (TPSA) is 35.6 Å². The van der Waals surface area contributed by atoms with Crippen molar-refractivity contribution in [2.75, 3.05) is 0 Å². The highest BCUT2D eigenvalue weighted by atomic mass is 15.0. The number of rotatable bonds is 7. The Morgan fingerprint density at radius 1 is 0.200 bits per heavy atom. The van der Waals surface area contributed by atoms with E-state index in [2.05, 4.69) is 361 Å². The molecule has 0 saturated heterocycles. The first kappa shape index (κ1) is 55.1. The average molecular weight is 1270 g/mol. The van der Waals surface area contributed by atoms with E-state index in [1.165, 1.54) is 133 Å². The van der Waals surface area contributed by atoms with Crippen LogP contribution in [0.5, 0.6) is 0 Å². The Hall–Kier alpha value is -13.0. The summed E-state index contributed by atoms with van der Waals surface area (Å²) < 4.78 is 4.96. The molecule has 0 unspecified atom stereocenters. The van der Waals surface area contributed by atoms with Gasteiger partial charge in [-0.1, -0.05) is 291 Å². The van der Waals surface area contributed by atoms with E-state index in [-0.39, 0.29) is 0 Å². The number of para-hydroxylation sites is 2. The molecule has 100 heavy (non-hydrogen) atoms. The van der Waals surface area contributed by atoms with Gasteiger partial charge in [-0.25, -0.2) is 9.97 Å². The second kappa shape index (κ2) is 20.8. The number of hydrogen-bond acceptors (Lipinski definition) is 2. The molecule has 0 saturated carbocycles. The van der Waals surface area contributed by atoms with Crippen LogP contribution in [0.4, 0.5) is 0 Å². The predicted octanol–water partition coefficient (Wildman–Crippen LogP) is 23.7. The molecule has 3 heterocycles. The Kier molecular flexibility index (Phi) is 11.4. The minimum absolute atomic E-state index is 0.504. The molecule has 4 heteroatoms. The Morgan fingerprint density at radius 3 is 0.900 bits per heavy atom. The molecule has 15 aromatic carbocycles. The lowest BCUT2D eigenvalue weighted by Gasteiger charge is -2.32. The molecule has 0 radical (unpaired) electrons. The Labute approximate surface area is 578 Å². The number of aromatic nitrogens is 4. The number of fused-ring (bicyclic) bond motifs is 26. The maximum absolute atomic E-state index is 5.56. The fourth-order valence-electron chi connectivity index (χ4n) is 18.7. The molecule has 0 N–H and O–H groups in total. The third-order valence-electron chi connectivity index (χ3n) is 22.5. The third kappa shape index (κ3) is 7.38. The van der Waals surface area contributed by atoms with Gasteiger partial charge in [0.25, 0.3) is 0 Å². The van der Waals surface area contributed by atoms with E-state index >= 15 is 0 Å². The molecule has 22 rings (SSSR count). The molecule has 2 spiro atoms. The van der Waals surface area contributed by atoms with Gasteiger partial charge in [-0.2, -0.15) is 0 Å². The first-order valence-electron chi connectivity index (χ1n) is 34.7. The van der Waals surface area contributed by atoms with E-state index in [9.17, 15) is 0 Å². The molecule has 0 amide bonds. The maximum atomic E-state index is 5.56. The summed E-state index contributed by atoms with van der Waals surface area (Å²) in [6.45, 7) is 0. The summed E-state index contributed by atoms with van der Waals surface area (Å²) in [6.07, 6.45) is 0. The molecule has 0 aliphatic heterocycles. The number of nitrogens with zero attached hydrogens (tertiary/aromatic N) is 4. The van der Waals surface area contributed by atoms with E-state index in [1.807, 2.05) is 0 Å². The van der Waals surface area contributed by atoms with Crippen LogP contribution < -0.4 is 0 Å². The van der Waals surface area contributed by atoms with Gasteiger partial charge >= 0.3 is 0 Å². The van der Waals surface area contributed by atoms with Crippen molar-refractivity contribution in [1.82, 2.24) is 19.1 Å². The highest BCUT2D eigenvalue weighted by molar-refractivity contribution is 6.13. The number of hydrogen-bond donors (Lipinski definition) is 0. The molecule has 462 valence electrons. The fraction of sp³-hybridized carbons (Fsp3) is 0.0208. The first-order valence-corrected chi connectivity index (χ1v) is 34.7. The first-order chi connectivity index (χ1) is 49.6. The van der Waals surface area contributed by atoms with Crippen molar-refractivity contribution >= 4 is 43.6 Å². The Morgan fingerprint density at radius 2 is 0.510 bits per heavy atom. The average Bonchev–Trinajstić information content (AvgIpc) is 1.51. The van der Waals surface area contributed by atoms with Gasteiger partial charge < -0.3 is 9.13 Å². The third-order valence-corrected chi connectivity index (χ3v) is 22.5. The number of benzene rings is 15. The quantitative estimate of drug-likeness (QED) is 0.159. The summed E-state index contributed by atoms with van der Waals surface area (Å²) in [7, 11) is 0. The van der Waals surface area contributed by atoms with Crippen molar-refractivity contribution in [2.24, 2.45) is 0 Å². The zero-order valence-electron chi connectivity index (χ0n) is 54.3. The molecule has 4 nitrogen and oxygen atoms in total. The van der Waals surface area contributed by atoms with Crippen LogP contribution in [0.2, 0.25) is 0 Å². The van der Waals surface area contributed by atoms with Crippen LogP contribution >= 0.6 is 0 Å². The normalized spacial score (nSPS) is 13.6. The predicted molar refractivity (Wildman–Crippen MR) is 410 cm³/mol. The van der Waals surface area contributed by atoms with Gasteiger partial charge in [-0.05, 0) is 172 Å². The molecule has 0 fully saturated rings. The zero-order chi connectivity index (χ0) is 65.4. The van der Waals surface area contributed by atoms with Gasteiger partial charge in [-0.3, -0.25) is 0 Å². The standard InChI is InChI=1S/C96H58N4/c1-3-25-59(26-4-1)86-58-87(60-27-5-2-6-28-60)98-94(97-86)63-53-64(99-88-47-21-13-35-74(88)78-55-61(49-51-90(78)99)66-37-23-39-76-72-33-11-19-45-84(72)95(92(66)76)80-41-15-7-29-68(80)69-30-8-16-42-81(69)95)57-65(54-63)100-89-48-22-14-36-75(89)79-56-62(50-52-91(79)100)67-38-24-40-77-73-34-12-20-46-85(73)96(93(67)77)82-43-17-9-31-70(82)71-32-10-18-44-83(71)96/h1-58H. The van der Waals surface area contributed by atoms with Gasteiger partial charge in [0, 0.05) is 49.6 Å².